The number of hydrogen-bond donors (Lipinski definition) is 1. The number of aliphatic imine (C=N–C) groups is 1. The average Bonchev–Trinajstić information content (AvgIpc) is 3.41. The third-order valence-corrected chi connectivity index (χ3v) is 7.56. The van der Waals surface area contributed by atoms with Crippen LogP contribution in [0.5, 0.6) is 11.5 Å². The van der Waals surface area contributed by atoms with Crippen LogP contribution in [0.3, 0.4) is 0 Å². The number of thiophene rings is 1. The van der Waals surface area contributed by atoms with Crippen LogP contribution >= 0.6 is 22.9 Å². The molecule has 1 aliphatic carbocycles. The van der Waals surface area contributed by atoms with E-state index >= 15 is 0 Å². The SMILES string of the molecule is COc1ccc(-c2nc3sc4c(O)c(Cl)ccc4c3c(=O)n2CC2=NCCO2)c(C2CC2)c1. The molecule has 0 atom stereocenters. The second-order valence-electron chi connectivity index (χ2n) is 8.23. The van der Waals surface area contributed by atoms with E-state index in [2.05, 4.69) is 4.99 Å². The molecule has 1 saturated carbocycles. The molecule has 1 fully saturated rings. The molecule has 0 bridgehead atoms. The lowest BCUT2D eigenvalue weighted by Crippen LogP contribution is -2.27. The summed E-state index contributed by atoms with van der Waals surface area (Å²) in [5, 5.41) is 11.9. The van der Waals surface area contributed by atoms with Crippen molar-refractivity contribution in [3.63, 3.8) is 0 Å². The Morgan fingerprint density at radius 3 is 2.88 bits per heavy atom. The van der Waals surface area contributed by atoms with E-state index in [4.69, 9.17) is 26.1 Å². The minimum Gasteiger partial charge on any atom is -0.505 e. The maximum Gasteiger partial charge on any atom is 0.263 e. The zero-order valence-corrected chi connectivity index (χ0v) is 19.4. The Balaban J connectivity index is 1.66. The molecule has 2 aromatic heterocycles. The molecule has 0 unspecified atom stereocenters. The van der Waals surface area contributed by atoms with Gasteiger partial charge in [0.1, 0.15) is 29.6 Å². The highest BCUT2D eigenvalue weighted by atomic mass is 35.5. The van der Waals surface area contributed by atoms with Crippen molar-refractivity contribution in [1.82, 2.24) is 9.55 Å². The molecule has 2 aliphatic rings. The molecule has 9 heteroatoms. The zero-order chi connectivity index (χ0) is 22.7. The van der Waals surface area contributed by atoms with E-state index in [1.807, 2.05) is 18.2 Å². The number of methoxy groups -OCH3 is 1. The van der Waals surface area contributed by atoms with E-state index in [1.54, 1.807) is 23.8 Å². The standard InChI is InChI=1S/C24H20ClN3O4S/c1-31-13-4-5-14(16(10-13)12-2-3-12)22-27-23-19(15-6-7-17(25)20(29)21(15)33-23)24(30)28(22)11-18-26-8-9-32-18/h4-7,10,12,29H,2-3,8-9,11H2,1H3. The molecule has 4 aromatic rings. The van der Waals surface area contributed by atoms with Crippen LogP contribution in [0.25, 0.3) is 31.7 Å². The van der Waals surface area contributed by atoms with Crippen LogP contribution in [0.15, 0.2) is 40.1 Å². The van der Waals surface area contributed by atoms with Gasteiger partial charge in [-0.2, -0.15) is 0 Å². The highest BCUT2D eigenvalue weighted by Gasteiger charge is 2.30. The highest BCUT2D eigenvalue weighted by Crippen LogP contribution is 2.46. The molecule has 2 aromatic carbocycles. The van der Waals surface area contributed by atoms with Crippen molar-refractivity contribution in [2.75, 3.05) is 20.3 Å². The Hall–Kier alpha value is -3.10. The van der Waals surface area contributed by atoms with Gasteiger partial charge in [0.05, 0.1) is 28.8 Å². The number of fused-ring (bicyclic) bond motifs is 3. The van der Waals surface area contributed by atoms with Crippen LogP contribution < -0.4 is 10.3 Å². The first-order valence-corrected chi connectivity index (χ1v) is 11.9. The van der Waals surface area contributed by atoms with Crippen molar-refractivity contribution in [3.05, 3.63) is 51.3 Å². The van der Waals surface area contributed by atoms with Gasteiger partial charge in [0.15, 0.2) is 5.75 Å². The number of benzene rings is 2. The number of aromatic nitrogens is 2. The summed E-state index contributed by atoms with van der Waals surface area (Å²) in [4.78, 5) is 23.8. The van der Waals surface area contributed by atoms with E-state index in [0.717, 1.165) is 29.7 Å². The van der Waals surface area contributed by atoms with Crippen molar-refractivity contribution in [2.24, 2.45) is 4.99 Å². The predicted molar refractivity (Wildman–Crippen MR) is 130 cm³/mol. The van der Waals surface area contributed by atoms with Gasteiger partial charge >= 0.3 is 0 Å². The van der Waals surface area contributed by atoms with Gasteiger partial charge in [0.2, 0.25) is 5.90 Å². The molecule has 0 spiro atoms. The van der Waals surface area contributed by atoms with Crippen LogP contribution in [-0.2, 0) is 11.3 Å². The smallest absolute Gasteiger partial charge is 0.263 e. The molecule has 0 amide bonds. The summed E-state index contributed by atoms with van der Waals surface area (Å²) in [6, 6.07) is 9.25. The van der Waals surface area contributed by atoms with Gasteiger partial charge in [-0.3, -0.25) is 14.4 Å². The molecule has 6 rings (SSSR count). The minimum absolute atomic E-state index is 0.0312. The van der Waals surface area contributed by atoms with E-state index < -0.39 is 0 Å². The average molecular weight is 482 g/mol. The second kappa shape index (κ2) is 7.74. The zero-order valence-electron chi connectivity index (χ0n) is 17.8. The number of rotatable bonds is 5. The fourth-order valence-corrected chi connectivity index (χ4v) is 5.67. The lowest BCUT2D eigenvalue weighted by Gasteiger charge is -2.16. The Morgan fingerprint density at radius 1 is 1.30 bits per heavy atom. The summed E-state index contributed by atoms with van der Waals surface area (Å²) in [5.74, 6) is 2.25. The van der Waals surface area contributed by atoms with Gasteiger partial charge < -0.3 is 14.6 Å². The summed E-state index contributed by atoms with van der Waals surface area (Å²) >= 11 is 7.40. The molecule has 33 heavy (non-hydrogen) atoms. The van der Waals surface area contributed by atoms with Crippen molar-refractivity contribution in [3.8, 4) is 22.9 Å². The first kappa shape index (κ1) is 20.5. The topological polar surface area (TPSA) is 85.9 Å². The summed E-state index contributed by atoms with van der Waals surface area (Å²) < 4.78 is 13.3. The van der Waals surface area contributed by atoms with Gasteiger partial charge in [-0.15, -0.1) is 11.3 Å². The largest absolute Gasteiger partial charge is 0.505 e. The third kappa shape index (κ3) is 3.36. The number of halogens is 1. The van der Waals surface area contributed by atoms with Crippen molar-refractivity contribution in [2.45, 2.75) is 25.3 Å². The predicted octanol–water partition coefficient (Wildman–Crippen LogP) is 4.95. The van der Waals surface area contributed by atoms with E-state index in [9.17, 15) is 9.90 Å². The Labute approximate surface area is 197 Å². The first-order chi connectivity index (χ1) is 16.0. The van der Waals surface area contributed by atoms with Gasteiger partial charge in [-0.1, -0.05) is 17.7 Å². The molecule has 168 valence electrons. The normalized spacial score (nSPS) is 15.8. The summed E-state index contributed by atoms with van der Waals surface area (Å²) in [6.45, 7) is 1.29. The number of phenols is 1. The fraction of sp³-hybridized carbons (Fsp3) is 0.292. The second-order valence-corrected chi connectivity index (χ2v) is 9.64. The Bertz CT molecular complexity index is 1520. The first-order valence-electron chi connectivity index (χ1n) is 10.7. The maximum absolute atomic E-state index is 13.9. The van der Waals surface area contributed by atoms with E-state index in [-0.39, 0.29) is 22.9 Å². The lowest BCUT2D eigenvalue weighted by atomic mass is 10.0. The van der Waals surface area contributed by atoms with Crippen LogP contribution in [0.4, 0.5) is 0 Å². The lowest BCUT2D eigenvalue weighted by molar-refractivity contribution is 0.334. The van der Waals surface area contributed by atoms with Crippen molar-refractivity contribution < 1.29 is 14.6 Å². The number of phenolic OH excluding ortho intramolecular Hbond substituents is 1. The quantitative estimate of drug-likeness (QED) is 0.435. The van der Waals surface area contributed by atoms with Crippen LogP contribution in [-0.4, -0.2) is 40.8 Å². The van der Waals surface area contributed by atoms with Gasteiger partial charge in [0, 0.05) is 10.9 Å². The maximum atomic E-state index is 13.9. The van der Waals surface area contributed by atoms with Crippen LogP contribution in [0.1, 0.15) is 24.3 Å². The molecular weight excluding hydrogens is 462 g/mol. The Kier molecular flexibility index (Phi) is 4.81. The summed E-state index contributed by atoms with van der Waals surface area (Å²) in [6.07, 6.45) is 2.19. The molecule has 1 N–H and O–H groups in total. The molecule has 0 saturated heterocycles. The third-order valence-electron chi connectivity index (χ3n) is 6.14. The summed E-state index contributed by atoms with van der Waals surface area (Å²) in [7, 11) is 1.65. The fourth-order valence-electron chi connectivity index (χ4n) is 4.35. The molecule has 3 heterocycles. The molecule has 1 aliphatic heterocycles. The van der Waals surface area contributed by atoms with Gasteiger partial charge in [0.25, 0.3) is 5.56 Å². The monoisotopic (exact) mass is 481 g/mol. The van der Waals surface area contributed by atoms with Crippen LogP contribution in [0.2, 0.25) is 5.02 Å². The number of hydrogen-bond acceptors (Lipinski definition) is 7. The highest BCUT2D eigenvalue weighted by molar-refractivity contribution is 7.25. The van der Waals surface area contributed by atoms with Crippen molar-refractivity contribution in [1.29, 1.82) is 0 Å². The number of aromatic hydroxyl groups is 1. The number of nitrogens with zero attached hydrogens (tertiary/aromatic N) is 3. The molecular formula is C24H20ClN3O4S. The van der Waals surface area contributed by atoms with Crippen LogP contribution in [0, 0.1) is 0 Å². The minimum atomic E-state index is -0.196. The van der Waals surface area contributed by atoms with Gasteiger partial charge in [-0.05, 0) is 48.6 Å². The van der Waals surface area contributed by atoms with Crippen molar-refractivity contribution >= 4 is 49.1 Å². The van der Waals surface area contributed by atoms with Gasteiger partial charge in [-0.25, -0.2) is 4.98 Å². The summed E-state index contributed by atoms with van der Waals surface area (Å²) in [5.41, 5.74) is 1.82. The number of ether oxygens (including phenoxy) is 2. The van der Waals surface area contributed by atoms with E-state index in [0.29, 0.717) is 51.1 Å². The Morgan fingerprint density at radius 2 is 2.15 bits per heavy atom. The molecule has 7 nitrogen and oxygen atoms in total. The molecule has 0 radical (unpaired) electrons. The van der Waals surface area contributed by atoms with E-state index in [1.165, 1.54) is 11.3 Å².